The molecular weight excluding hydrogens is 108 g/mol. The lowest BCUT2D eigenvalue weighted by Gasteiger charge is -1.81. The van der Waals surface area contributed by atoms with Crippen LogP contribution in [0.15, 0.2) is 4.40 Å². The van der Waals surface area contributed by atoms with Gasteiger partial charge in [0.1, 0.15) is 0 Å². The Balaban J connectivity index is 3.37. The smallest absolute Gasteiger partial charge is 0.0556 e. The second-order valence-electron chi connectivity index (χ2n) is 1.12. The van der Waals surface area contributed by atoms with Crippen molar-refractivity contribution < 1.29 is 0 Å². The monoisotopic (exact) mass is 116 g/mol. The Kier molecular flexibility index (Phi) is 3.69. The van der Waals surface area contributed by atoms with E-state index in [1.807, 2.05) is 6.92 Å². The van der Waals surface area contributed by atoms with Gasteiger partial charge in [0.15, 0.2) is 0 Å². The van der Waals surface area contributed by atoms with Gasteiger partial charge in [-0.05, 0) is 19.2 Å². The summed E-state index contributed by atoms with van der Waals surface area (Å²) < 4.78 is 3.35. The zero-order valence-corrected chi connectivity index (χ0v) is 5.07. The number of nitrogens with one attached hydrogen (secondary N) is 1. The molecule has 0 bridgehead atoms. The van der Waals surface area contributed by atoms with E-state index < -0.39 is 0 Å². The maximum absolute atomic E-state index is 6.94. The van der Waals surface area contributed by atoms with E-state index in [4.69, 9.17) is 5.41 Å². The van der Waals surface area contributed by atoms with Gasteiger partial charge >= 0.3 is 0 Å². The summed E-state index contributed by atoms with van der Waals surface area (Å²) >= 11 is 3.54. The van der Waals surface area contributed by atoms with Gasteiger partial charge in [0.25, 0.3) is 0 Å². The van der Waals surface area contributed by atoms with E-state index in [-0.39, 0.29) is 0 Å². The summed E-state index contributed by atoms with van der Waals surface area (Å²) in [6, 6.07) is 0. The van der Waals surface area contributed by atoms with E-state index in [1.165, 1.54) is 6.21 Å². The lowest BCUT2D eigenvalue weighted by Crippen LogP contribution is -1.91. The van der Waals surface area contributed by atoms with Gasteiger partial charge in [-0.15, -0.1) is 0 Å². The summed E-state index contributed by atoms with van der Waals surface area (Å²) in [5, 5.41) is 6.94. The summed E-state index contributed by atoms with van der Waals surface area (Å²) in [5.41, 5.74) is 0.509. The third-order valence-electron chi connectivity index (χ3n) is 0.594. The molecule has 0 aromatic carbocycles. The van der Waals surface area contributed by atoms with Crippen LogP contribution < -0.4 is 0 Å². The molecule has 0 spiro atoms. The van der Waals surface area contributed by atoms with Gasteiger partial charge in [-0.1, -0.05) is 6.92 Å². The average Bonchev–Trinajstić information content (AvgIpc) is 1.68. The molecule has 0 radical (unpaired) electrons. The first-order valence-electron chi connectivity index (χ1n) is 2.06. The maximum atomic E-state index is 6.94. The highest BCUT2D eigenvalue weighted by molar-refractivity contribution is 7.79. The van der Waals surface area contributed by atoms with Crippen LogP contribution in [0.3, 0.4) is 0 Å². The van der Waals surface area contributed by atoms with Gasteiger partial charge in [0, 0.05) is 5.71 Å². The molecule has 1 N–H and O–H groups in total. The highest BCUT2D eigenvalue weighted by atomic mass is 32.1. The van der Waals surface area contributed by atoms with Crippen LogP contribution in [-0.4, -0.2) is 11.9 Å². The minimum absolute atomic E-state index is 0.509. The van der Waals surface area contributed by atoms with E-state index in [1.54, 1.807) is 0 Å². The lowest BCUT2D eigenvalue weighted by molar-refractivity contribution is 1.27. The highest BCUT2D eigenvalue weighted by Gasteiger charge is 1.80. The van der Waals surface area contributed by atoms with E-state index in [0.29, 0.717) is 5.71 Å². The van der Waals surface area contributed by atoms with Crippen molar-refractivity contribution in [3.63, 3.8) is 0 Å². The first-order chi connectivity index (χ1) is 3.31. The number of thiol groups is 1. The third-order valence-corrected chi connectivity index (χ3v) is 0.710. The molecule has 0 aliphatic carbocycles. The maximum Gasteiger partial charge on any atom is 0.0556 e. The molecule has 0 amide bonds. The van der Waals surface area contributed by atoms with E-state index in [2.05, 4.69) is 17.2 Å². The van der Waals surface area contributed by atoms with Crippen molar-refractivity contribution in [2.45, 2.75) is 13.3 Å². The molecule has 0 aliphatic rings. The van der Waals surface area contributed by atoms with Crippen molar-refractivity contribution in [1.82, 2.24) is 0 Å². The Morgan fingerprint density at radius 3 is 2.71 bits per heavy atom. The van der Waals surface area contributed by atoms with Crippen LogP contribution in [0.1, 0.15) is 13.3 Å². The van der Waals surface area contributed by atoms with Crippen molar-refractivity contribution in [2.24, 2.45) is 4.40 Å². The van der Waals surface area contributed by atoms with Crippen LogP contribution in [0.5, 0.6) is 0 Å². The van der Waals surface area contributed by atoms with Gasteiger partial charge in [-0.2, -0.15) is 0 Å². The Hall–Kier alpha value is -0.310. The molecule has 7 heavy (non-hydrogen) atoms. The molecule has 0 fully saturated rings. The summed E-state index contributed by atoms with van der Waals surface area (Å²) in [7, 11) is 0. The predicted molar refractivity (Wildman–Crippen MR) is 35.5 cm³/mol. The van der Waals surface area contributed by atoms with Crippen LogP contribution in [0.25, 0.3) is 0 Å². The quantitative estimate of drug-likeness (QED) is 0.403. The van der Waals surface area contributed by atoms with Crippen LogP contribution in [-0.2, 0) is 0 Å². The molecule has 40 valence electrons. The summed E-state index contributed by atoms with van der Waals surface area (Å²) in [6.07, 6.45) is 2.15. The molecule has 0 atom stereocenters. The number of nitrogens with zero attached hydrogens (tertiary/aromatic N) is 1. The second-order valence-corrected chi connectivity index (χ2v) is 1.35. The highest BCUT2D eigenvalue weighted by Crippen LogP contribution is 1.77. The predicted octanol–water partition coefficient (Wildman–Crippen LogP) is 1.33. The first-order valence-corrected chi connectivity index (χ1v) is 2.46. The fourth-order valence-electron chi connectivity index (χ4n) is 0.161. The topological polar surface area (TPSA) is 36.2 Å². The van der Waals surface area contributed by atoms with Crippen LogP contribution in [0.4, 0.5) is 0 Å². The molecule has 0 aliphatic heterocycles. The van der Waals surface area contributed by atoms with Crippen molar-refractivity contribution in [2.75, 3.05) is 0 Å². The average molecular weight is 116 g/mol. The molecule has 3 heteroatoms. The third kappa shape index (κ3) is 3.52. The molecule has 0 aromatic rings. The molecule has 0 saturated carbocycles. The first kappa shape index (κ1) is 6.69. The molecule has 0 unspecified atom stereocenters. The van der Waals surface area contributed by atoms with Crippen LogP contribution in [0, 0.1) is 5.41 Å². The SMILES string of the molecule is CCC(=N)C=NS. The molecule has 0 aromatic heterocycles. The van der Waals surface area contributed by atoms with Crippen LogP contribution in [0.2, 0.25) is 0 Å². The van der Waals surface area contributed by atoms with E-state index in [0.717, 1.165) is 6.42 Å². The van der Waals surface area contributed by atoms with E-state index in [9.17, 15) is 0 Å². The summed E-state index contributed by atoms with van der Waals surface area (Å²) in [6.45, 7) is 1.90. The van der Waals surface area contributed by atoms with Gasteiger partial charge in [-0.3, -0.25) is 0 Å². The lowest BCUT2D eigenvalue weighted by atomic mass is 10.3. The molecular formula is C4H8N2S. The van der Waals surface area contributed by atoms with Gasteiger partial charge in [0.2, 0.25) is 0 Å². The Morgan fingerprint density at radius 2 is 2.57 bits per heavy atom. The fraction of sp³-hybridized carbons (Fsp3) is 0.500. The molecule has 0 heterocycles. The fourth-order valence-corrected chi connectivity index (χ4v) is 0.300. The van der Waals surface area contributed by atoms with Crippen molar-refractivity contribution in [1.29, 1.82) is 5.41 Å². The molecule has 2 nitrogen and oxygen atoms in total. The standard InChI is InChI=1S/C4H8N2S/c1-2-4(5)3-6-7/h3,5,7H,2H2,1H3. The Bertz CT molecular complexity index is 87.7. The normalized spacial score (nSPS) is 10.0. The zero-order chi connectivity index (χ0) is 5.70. The van der Waals surface area contributed by atoms with Gasteiger partial charge in [-0.25, -0.2) is 4.40 Å². The van der Waals surface area contributed by atoms with E-state index >= 15 is 0 Å². The number of hydrogen-bond acceptors (Lipinski definition) is 3. The number of hydrogen-bond donors (Lipinski definition) is 2. The molecule has 0 saturated heterocycles. The minimum atomic E-state index is 0.509. The number of rotatable bonds is 2. The zero-order valence-electron chi connectivity index (χ0n) is 4.18. The van der Waals surface area contributed by atoms with Crippen molar-refractivity contribution >= 4 is 24.7 Å². The summed E-state index contributed by atoms with van der Waals surface area (Å²) in [4.78, 5) is 0. The van der Waals surface area contributed by atoms with Crippen molar-refractivity contribution in [3.05, 3.63) is 0 Å². The minimum Gasteiger partial charge on any atom is -0.304 e. The Morgan fingerprint density at radius 1 is 2.00 bits per heavy atom. The molecule has 0 rings (SSSR count). The van der Waals surface area contributed by atoms with Crippen molar-refractivity contribution in [3.8, 4) is 0 Å². The van der Waals surface area contributed by atoms with Gasteiger partial charge < -0.3 is 5.41 Å². The van der Waals surface area contributed by atoms with Gasteiger partial charge in [0.05, 0.1) is 6.21 Å². The second kappa shape index (κ2) is 3.87. The summed E-state index contributed by atoms with van der Waals surface area (Å²) in [5.74, 6) is 0. The largest absolute Gasteiger partial charge is 0.304 e. The Labute approximate surface area is 48.7 Å². The van der Waals surface area contributed by atoms with Crippen LogP contribution >= 0.6 is 12.8 Å².